The third kappa shape index (κ3) is 4.89. The van der Waals surface area contributed by atoms with Crippen LogP contribution in [0.15, 0.2) is 53.3 Å². The Hall–Kier alpha value is -4.12. The summed E-state index contributed by atoms with van der Waals surface area (Å²) in [5, 5.41) is 24.7. The molecule has 0 radical (unpaired) electrons. The standard InChI is InChI=1S/C27H32N8O3/c1-5-18-6-11-23-19(16-18)17-22(26(36)28-23)24(25-29-30-31-34(25)27(2,3)4)33-14-12-32(13-15-33)20-7-9-21(10-8-20)35(37)38/h6-11,16-17,24H,5,12-15H2,1-4H3,(H,28,36). The van der Waals surface area contributed by atoms with E-state index in [0.29, 0.717) is 37.6 Å². The summed E-state index contributed by atoms with van der Waals surface area (Å²) in [4.78, 5) is 31.6. The fourth-order valence-electron chi connectivity index (χ4n) is 5.06. The largest absolute Gasteiger partial charge is 0.369 e. The maximum Gasteiger partial charge on any atom is 0.269 e. The van der Waals surface area contributed by atoms with Gasteiger partial charge in [0.15, 0.2) is 5.82 Å². The van der Waals surface area contributed by atoms with E-state index in [2.05, 4.69) is 43.3 Å². The van der Waals surface area contributed by atoms with Crippen molar-refractivity contribution in [1.82, 2.24) is 30.1 Å². The summed E-state index contributed by atoms with van der Waals surface area (Å²) in [7, 11) is 0. The first kappa shape index (κ1) is 25.5. The first-order valence-corrected chi connectivity index (χ1v) is 12.8. The van der Waals surface area contributed by atoms with Crippen LogP contribution in [-0.2, 0) is 12.0 Å². The van der Waals surface area contributed by atoms with Crippen molar-refractivity contribution in [2.45, 2.75) is 45.7 Å². The van der Waals surface area contributed by atoms with Crippen molar-refractivity contribution in [3.63, 3.8) is 0 Å². The summed E-state index contributed by atoms with van der Waals surface area (Å²) < 4.78 is 1.80. The summed E-state index contributed by atoms with van der Waals surface area (Å²) >= 11 is 0. The molecule has 1 atom stereocenters. The van der Waals surface area contributed by atoms with Crippen molar-refractivity contribution in [2.75, 3.05) is 31.1 Å². The number of rotatable bonds is 6. The van der Waals surface area contributed by atoms with Gasteiger partial charge in [0, 0.05) is 55.1 Å². The number of hydrogen-bond acceptors (Lipinski definition) is 8. The number of hydrogen-bond donors (Lipinski definition) is 1. The Bertz CT molecular complexity index is 1510. The lowest BCUT2D eigenvalue weighted by atomic mass is 10.00. The summed E-state index contributed by atoms with van der Waals surface area (Å²) in [5.74, 6) is 0.623. The Kier molecular flexibility index (Phi) is 6.70. The van der Waals surface area contributed by atoms with Crippen LogP contribution in [0, 0.1) is 10.1 Å². The molecule has 2 aromatic carbocycles. The number of anilines is 1. The Balaban J connectivity index is 1.52. The van der Waals surface area contributed by atoms with Gasteiger partial charge in [-0.15, -0.1) is 5.10 Å². The molecule has 1 fully saturated rings. The molecule has 0 aliphatic carbocycles. The molecule has 0 bridgehead atoms. The fraction of sp³-hybridized carbons (Fsp3) is 0.407. The lowest BCUT2D eigenvalue weighted by molar-refractivity contribution is -0.384. The van der Waals surface area contributed by atoms with Crippen molar-refractivity contribution in [1.29, 1.82) is 0 Å². The highest BCUT2D eigenvalue weighted by Gasteiger charge is 2.35. The molecule has 11 nitrogen and oxygen atoms in total. The SMILES string of the molecule is CCc1ccc2[nH]c(=O)c(C(c3nnnn3C(C)(C)C)N3CCN(c4ccc([N+](=O)[O-])cc4)CC3)cc2c1. The van der Waals surface area contributed by atoms with Crippen molar-refractivity contribution < 1.29 is 4.92 Å². The molecule has 38 heavy (non-hydrogen) atoms. The molecule has 3 heterocycles. The van der Waals surface area contributed by atoms with Crippen molar-refractivity contribution >= 4 is 22.3 Å². The number of non-ortho nitro benzene ring substituents is 1. The average molecular weight is 517 g/mol. The zero-order valence-electron chi connectivity index (χ0n) is 22.1. The first-order chi connectivity index (χ1) is 18.2. The van der Waals surface area contributed by atoms with Gasteiger partial charge in [-0.3, -0.25) is 19.8 Å². The van der Waals surface area contributed by atoms with E-state index in [0.717, 1.165) is 23.0 Å². The molecular weight excluding hydrogens is 484 g/mol. The van der Waals surface area contributed by atoms with Crippen LogP contribution in [0.4, 0.5) is 11.4 Å². The van der Waals surface area contributed by atoms with Gasteiger partial charge in [-0.25, -0.2) is 4.68 Å². The van der Waals surface area contributed by atoms with E-state index in [1.807, 2.05) is 39.0 Å². The van der Waals surface area contributed by atoms with Crippen LogP contribution in [0.2, 0.25) is 0 Å². The number of H-pyrrole nitrogens is 1. The van der Waals surface area contributed by atoms with E-state index < -0.39 is 11.0 Å². The van der Waals surface area contributed by atoms with Crippen LogP contribution < -0.4 is 10.5 Å². The minimum absolute atomic E-state index is 0.0724. The highest BCUT2D eigenvalue weighted by atomic mass is 16.6. The molecule has 0 amide bonds. The van der Waals surface area contributed by atoms with Crippen molar-refractivity contribution in [3.8, 4) is 0 Å². The quantitative estimate of drug-likeness (QED) is 0.304. The van der Waals surface area contributed by atoms with Gasteiger partial charge in [0.2, 0.25) is 0 Å². The van der Waals surface area contributed by atoms with Crippen LogP contribution in [0.3, 0.4) is 0 Å². The van der Waals surface area contributed by atoms with Crippen LogP contribution in [0.25, 0.3) is 10.9 Å². The van der Waals surface area contributed by atoms with E-state index in [1.165, 1.54) is 17.7 Å². The van der Waals surface area contributed by atoms with Crippen LogP contribution in [-0.4, -0.2) is 61.2 Å². The molecule has 0 saturated carbocycles. The predicted molar refractivity (Wildman–Crippen MR) is 145 cm³/mol. The van der Waals surface area contributed by atoms with Gasteiger partial charge in [-0.2, -0.15) is 0 Å². The molecule has 1 N–H and O–H groups in total. The number of fused-ring (bicyclic) bond motifs is 1. The summed E-state index contributed by atoms with van der Waals surface area (Å²) in [6, 6.07) is 14.3. The monoisotopic (exact) mass is 516 g/mol. The second-order valence-corrected chi connectivity index (χ2v) is 10.6. The highest BCUT2D eigenvalue weighted by Crippen LogP contribution is 2.31. The van der Waals surface area contributed by atoms with Crippen LogP contribution >= 0.6 is 0 Å². The van der Waals surface area contributed by atoms with Crippen LogP contribution in [0.5, 0.6) is 0 Å². The normalized spacial score (nSPS) is 15.6. The number of pyridine rings is 1. The molecule has 5 rings (SSSR count). The van der Waals surface area contributed by atoms with Crippen LogP contribution in [0.1, 0.15) is 50.7 Å². The van der Waals surface area contributed by atoms with Gasteiger partial charge in [0.05, 0.1) is 10.5 Å². The molecule has 11 heteroatoms. The van der Waals surface area contributed by atoms with Crippen molar-refractivity contribution in [2.24, 2.45) is 0 Å². The van der Waals surface area contributed by atoms with Gasteiger partial charge in [-0.1, -0.05) is 13.0 Å². The van der Waals surface area contributed by atoms with Gasteiger partial charge in [-0.05, 0) is 78.9 Å². The van der Waals surface area contributed by atoms with Gasteiger partial charge in [0.25, 0.3) is 11.2 Å². The molecular formula is C27H32N8O3. The molecule has 0 spiro atoms. The number of benzene rings is 2. The number of aromatic amines is 1. The van der Waals surface area contributed by atoms with E-state index in [9.17, 15) is 14.9 Å². The molecule has 1 aliphatic heterocycles. The molecule has 4 aromatic rings. The number of aromatic nitrogens is 5. The summed E-state index contributed by atoms with van der Waals surface area (Å²) in [5.41, 5.74) is 3.07. The Morgan fingerprint density at radius 2 is 1.76 bits per heavy atom. The smallest absolute Gasteiger partial charge is 0.269 e. The number of nitro benzene ring substituents is 1. The first-order valence-electron chi connectivity index (χ1n) is 12.8. The number of nitrogens with one attached hydrogen (secondary N) is 1. The van der Waals surface area contributed by atoms with E-state index >= 15 is 0 Å². The second kappa shape index (κ2) is 9.97. The number of aryl methyl sites for hydroxylation is 1. The third-order valence-electron chi connectivity index (χ3n) is 7.12. The molecule has 1 saturated heterocycles. The van der Waals surface area contributed by atoms with E-state index in [-0.39, 0.29) is 16.8 Å². The topological polar surface area (TPSA) is 126 Å². The zero-order valence-corrected chi connectivity index (χ0v) is 22.1. The van der Waals surface area contributed by atoms with Gasteiger partial charge < -0.3 is 9.88 Å². The lowest BCUT2D eigenvalue weighted by Gasteiger charge is -2.40. The fourth-order valence-corrected chi connectivity index (χ4v) is 5.06. The molecule has 2 aromatic heterocycles. The highest BCUT2D eigenvalue weighted by molar-refractivity contribution is 5.80. The van der Waals surface area contributed by atoms with E-state index in [4.69, 9.17) is 0 Å². The minimum Gasteiger partial charge on any atom is -0.369 e. The molecule has 198 valence electrons. The molecule has 1 aliphatic rings. The minimum atomic E-state index is -0.443. The summed E-state index contributed by atoms with van der Waals surface area (Å²) in [6.07, 6.45) is 0.903. The number of piperazine rings is 1. The Morgan fingerprint density at radius 1 is 1.05 bits per heavy atom. The zero-order chi connectivity index (χ0) is 27.0. The predicted octanol–water partition coefficient (Wildman–Crippen LogP) is 3.65. The van der Waals surface area contributed by atoms with Crippen molar-refractivity contribution in [3.05, 3.63) is 86.0 Å². The van der Waals surface area contributed by atoms with Gasteiger partial charge in [0.1, 0.15) is 6.04 Å². The Morgan fingerprint density at radius 3 is 2.39 bits per heavy atom. The third-order valence-corrected chi connectivity index (χ3v) is 7.12. The molecule has 1 unspecified atom stereocenters. The van der Waals surface area contributed by atoms with E-state index in [1.54, 1.807) is 16.8 Å². The Labute approximate surface area is 220 Å². The average Bonchev–Trinajstić information content (AvgIpc) is 3.40. The maximum atomic E-state index is 13.5. The van der Waals surface area contributed by atoms with Gasteiger partial charge >= 0.3 is 0 Å². The number of tetrazole rings is 1. The second-order valence-electron chi connectivity index (χ2n) is 10.6. The lowest BCUT2D eigenvalue weighted by Crippen LogP contribution is -2.49. The maximum absolute atomic E-state index is 13.5. The number of nitro groups is 1. The summed E-state index contributed by atoms with van der Waals surface area (Å²) in [6.45, 7) is 10.9. The number of nitrogens with zero attached hydrogens (tertiary/aromatic N) is 7.